The van der Waals surface area contributed by atoms with Gasteiger partial charge in [-0.3, -0.25) is 9.69 Å². The molecule has 0 bridgehead atoms. The second kappa shape index (κ2) is 9.66. The van der Waals surface area contributed by atoms with Crippen molar-refractivity contribution in [2.24, 2.45) is 5.41 Å². The molecule has 0 spiro atoms. The Hall–Kier alpha value is -2.01. The maximum absolute atomic E-state index is 14.2. The topological polar surface area (TPSA) is 29.5 Å². The van der Waals surface area contributed by atoms with Gasteiger partial charge in [0.25, 0.3) is 0 Å². The van der Waals surface area contributed by atoms with E-state index in [1.165, 1.54) is 12.1 Å². The number of rotatable bonds is 8. The summed E-state index contributed by atoms with van der Waals surface area (Å²) in [6, 6.07) is 12.2. The molecular weight excluding hydrogens is 385 g/mol. The summed E-state index contributed by atoms with van der Waals surface area (Å²) in [7, 11) is 1.62. The van der Waals surface area contributed by atoms with Gasteiger partial charge in [0.15, 0.2) is 0 Å². The zero-order valence-electron chi connectivity index (χ0n) is 17.5. The predicted molar refractivity (Wildman–Crippen MR) is 119 cm³/mol. The van der Waals surface area contributed by atoms with Crippen molar-refractivity contribution in [2.45, 2.75) is 57.3 Å². The van der Waals surface area contributed by atoms with E-state index in [0.717, 1.165) is 60.6 Å². The Morgan fingerprint density at radius 3 is 2.31 bits per heavy atom. The minimum Gasteiger partial charge on any atom is -0.497 e. The lowest BCUT2D eigenvalue weighted by Crippen LogP contribution is -2.42. The molecule has 2 aromatic carbocycles. The molecule has 1 aliphatic heterocycles. The highest BCUT2D eigenvalue weighted by Crippen LogP contribution is 2.48. The van der Waals surface area contributed by atoms with Crippen LogP contribution in [0.25, 0.3) is 0 Å². The second-order valence-electron chi connectivity index (χ2n) is 7.73. The Labute approximate surface area is 177 Å². The minimum atomic E-state index is -0.438. The van der Waals surface area contributed by atoms with E-state index in [9.17, 15) is 9.18 Å². The number of thioether (sulfide) groups is 1. The fourth-order valence-electron chi connectivity index (χ4n) is 3.91. The van der Waals surface area contributed by atoms with Crippen LogP contribution in [0.5, 0.6) is 5.75 Å². The molecule has 1 aliphatic rings. The van der Waals surface area contributed by atoms with Crippen LogP contribution in [-0.2, 0) is 4.79 Å². The Morgan fingerprint density at radius 2 is 1.72 bits per heavy atom. The Morgan fingerprint density at radius 1 is 1.07 bits per heavy atom. The van der Waals surface area contributed by atoms with Gasteiger partial charge in [-0.1, -0.05) is 39.5 Å². The smallest absolute Gasteiger partial charge is 0.238 e. The summed E-state index contributed by atoms with van der Waals surface area (Å²) in [4.78, 5) is 16.8. The first-order valence-electron chi connectivity index (χ1n) is 10.5. The summed E-state index contributed by atoms with van der Waals surface area (Å²) in [5, 5.41) is 0. The molecule has 0 radical (unpaired) electrons. The van der Waals surface area contributed by atoms with Gasteiger partial charge in [-0.05, 0) is 55.3 Å². The molecule has 0 saturated heterocycles. The molecule has 1 heterocycles. The van der Waals surface area contributed by atoms with Crippen LogP contribution in [0, 0.1) is 11.2 Å². The molecule has 3 rings (SSSR count). The molecule has 0 unspecified atom stereocenters. The first kappa shape index (κ1) is 21.7. The van der Waals surface area contributed by atoms with Crippen LogP contribution in [-0.4, -0.2) is 18.8 Å². The highest BCUT2D eigenvalue weighted by molar-refractivity contribution is 7.99. The van der Waals surface area contributed by atoms with Crippen molar-refractivity contribution in [1.82, 2.24) is 0 Å². The van der Waals surface area contributed by atoms with Gasteiger partial charge in [-0.2, -0.15) is 0 Å². The molecule has 2 aromatic rings. The van der Waals surface area contributed by atoms with E-state index in [1.54, 1.807) is 29.8 Å². The summed E-state index contributed by atoms with van der Waals surface area (Å²) >= 11 is 1.68. The Bertz CT molecular complexity index is 829. The first-order valence-corrected chi connectivity index (χ1v) is 11.4. The lowest BCUT2D eigenvalue weighted by atomic mass is 9.78. The summed E-state index contributed by atoms with van der Waals surface area (Å²) < 4.78 is 19.5. The predicted octanol–water partition coefficient (Wildman–Crippen LogP) is 6.97. The number of halogens is 1. The van der Waals surface area contributed by atoms with Crippen molar-refractivity contribution < 1.29 is 13.9 Å². The van der Waals surface area contributed by atoms with Crippen LogP contribution in [0.2, 0.25) is 0 Å². The zero-order chi connectivity index (χ0) is 20.9. The third kappa shape index (κ3) is 4.61. The van der Waals surface area contributed by atoms with Crippen molar-refractivity contribution in [3.05, 3.63) is 48.3 Å². The first-order chi connectivity index (χ1) is 14.0. The molecule has 0 N–H and O–H groups in total. The number of ether oxygens (including phenoxy) is 1. The van der Waals surface area contributed by atoms with Gasteiger partial charge >= 0.3 is 0 Å². The van der Waals surface area contributed by atoms with Crippen LogP contribution < -0.4 is 9.64 Å². The SMILES string of the molecule is CCCCC1(CCCC)CSc2ccc(F)cc2N(c2ccc(OC)cc2)C1=O. The third-order valence-corrected chi connectivity index (χ3v) is 7.02. The molecular formula is C24H30FNO2S. The molecule has 1 amide bonds. The number of anilines is 2. The lowest BCUT2D eigenvalue weighted by molar-refractivity contribution is -0.127. The Balaban J connectivity index is 2.12. The molecule has 0 fully saturated rings. The number of unbranched alkanes of at least 4 members (excludes halogenated alkanes) is 2. The summed E-state index contributed by atoms with van der Waals surface area (Å²) in [5.41, 5.74) is 0.953. The number of hydrogen-bond donors (Lipinski definition) is 0. The highest BCUT2D eigenvalue weighted by atomic mass is 32.2. The number of hydrogen-bond acceptors (Lipinski definition) is 3. The normalized spacial score (nSPS) is 15.7. The molecule has 0 saturated carbocycles. The largest absolute Gasteiger partial charge is 0.497 e. The zero-order valence-corrected chi connectivity index (χ0v) is 18.4. The summed E-state index contributed by atoms with van der Waals surface area (Å²) in [6.07, 6.45) is 5.84. The fraction of sp³-hybridized carbons (Fsp3) is 0.458. The number of amides is 1. The lowest BCUT2D eigenvalue weighted by Gasteiger charge is -2.35. The fourth-order valence-corrected chi connectivity index (χ4v) is 5.22. The minimum absolute atomic E-state index is 0.0846. The van der Waals surface area contributed by atoms with E-state index >= 15 is 0 Å². The number of carbonyl (C=O) groups excluding carboxylic acids is 1. The maximum atomic E-state index is 14.2. The number of benzene rings is 2. The highest BCUT2D eigenvalue weighted by Gasteiger charge is 2.44. The number of carbonyl (C=O) groups is 1. The maximum Gasteiger partial charge on any atom is 0.238 e. The van der Waals surface area contributed by atoms with Crippen molar-refractivity contribution in [1.29, 1.82) is 0 Å². The van der Waals surface area contributed by atoms with Gasteiger partial charge in [-0.15, -0.1) is 11.8 Å². The molecule has 3 nitrogen and oxygen atoms in total. The average Bonchev–Trinajstić information content (AvgIpc) is 2.86. The number of methoxy groups -OCH3 is 1. The molecule has 0 aliphatic carbocycles. The van der Waals surface area contributed by atoms with Crippen LogP contribution in [0.15, 0.2) is 47.4 Å². The van der Waals surface area contributed by atoms with Crippen LogP contribution >= 0.6 is 11.8 Å². The third-order valence-electron chi connectivity index (χ3n) is 5.67. The molecule has 29 heavy (non-hydrogen) atoms. The summed E-state index contributed by atoms with van der Waals surface area (Å²) in [5.74, 6) is 1.22. The van der Waals surface area contributed by atoms with E-state index < -0.39 is 5.41 Å². The Kier molecular flexibility index (Phi) is 7.23. The van der Waals surface area contributed by atoms with Crippen LogP contribution in [0.4, 0.5) is 15.8 Å². The summed E-state index contributed by atoms with van der Waals surface area (Å²) in [6.45, 7) is 4.32. The van der Waals surface area contributed by atoms with E-state index in [4.69, 9.17) is 4.74 Å². The second-order valence-corrected chi connectivity index (χ2v) is 8.74. The number of fused-ring (bicyclic) bond motifs is 1. The van der Waals surface area contributed by atoms with Gasteiger partial charge in [-0.25, -0.2) is 4.39 Å². The van der Waals surface area contributed by atoms with E-state index in [1.807, 2.05) is 24.3 Å². The van der Waals surface area contributed by atoms with Gasteiger partial charge in [0.2, 0.25) is 5.91 Å². The quantitative estimate of drug-likeness (QED) is 0.466. The average molecular weight is 416 g/mol. The number of nitrogens with zero attached hydrogens (tertiary/aromatic N) is 1. The van der Waals surface area contributed by atoms with Crippen molar-refractivity contribution in [2.75, 3.05) is 17.8 Å². The van der Waals surface area contributed by atoms with Crippen molar-refractivity contribution in [3.63, 3.8) is 0 Å². The van der Waals surface area contributed by atoms with Gasteiger partial charge in [0.05, 0.1) is 18.2 Å². The standard InChI is InChI=1S/C24H30FNO2S/c1-4-6-14-24(15-7-5-2)17-29-22-13-8-18(25)16-21(22)26(23(24)27)19-9-11-20(28-3)12-10-19/h8-13,16H,4-7,14-15,17H2,1-3H3. The van der Waals surface area contributed by atoms with E-state index in [2.05, 4.69) is 13.8 Å². The van der Waals surface area contributed by atoms with Crippen molar-refractivity contribution in [3.8, 4) is 5.75 Å². The van der Waals surface area contributed by atoms with Crippen LogP contribution in [0.1, 0.15) is 52.4 Å². The van der Waals surface area contributed by atoms with Gasteiger partial charge in [0.1, 0.15) is 11.6 Å². The van der Waals surface area contributed by atoms with Gasteiger partial charge < -0.3 is 4.74 Å². The van der Waals surface area contributed by atoms with E-state index in [0.29, 0.717) is 5.69 Å². The monoisotopic (exact) mass is 415 g/mol. The molecule has 156 valence electrons. The molecule has 0 atom stereocenters. The van der Waals surface area contributed by atoms with E-state index in [-0.39, 0.29) is 11.7 Å². The molecule has 0 aromatic heterocycles. The van der Waals surface area contributed by atoms with Crippen molar-refractivity contribution >= 4 is 29.0 Å². The molecule has 5 heteroatoms. The van der Waals surface area contributed by atoms with Crippen LogP contribution in [0.3, 0.4) is 0 Å². The van der Waals surface area contributed by atoms with Gasteiger partial charge in [0, 0.05) is 16.3 Å².